The van der Waals surface area contributed by atoms with Crippen LogP contribution in [-0.2, 0) is 4.79 Å². The molecule has 0 aliphatic carbocycles. The number of nitrogens with two attached hydrogens (primary N) is 1. The Morgan fingerprint density at radius 1 is 0.733 bits per heavy atom. The first-order valence-corrected chi connectivity index (χ1v) is 10.5. The van der Waals surface area contributed by atoms with Crippen LogP contribution in [0.25, 0.3) is 16.0 Å². The monoisotopic (exact) mass is 411 g/mol. The molecule has 148 valence electrons. The van der Waals surface area contributed by atoms with Crippen LogP contribution in [0, 0.1) is 0 Å². The number of rotatable bonds is 6. The lowest BCUT2D eigenvalue weighted by molar-refractivity contribution is -0.132. The van der Waals surface area contributed by atoms with Gasteiger partial charge in [0.05, 0.1) is 11.6 Å². The Balaban J connectivity index is 1.86. The van der Waals surface area contributed by atoms with Crippen LogP contribution >= 0.6 is 11.3 Å². The molecule has 30 heavy (non-hydrogen) atoms. The van der Waals surface area contributed by atoms with Gasteiger partial charge in [0.2, 0.25) is 0 Å². The molecule has 0 spiro atoms. The second kappa shape index (κ2) is 8.91. The van der Waals surface area contributed by atoms with Crippen LogP contribution in [0.5, 0.6) is 0 Å². The fourth-order valence-corrected chi connectivity index (χ4v) is 4.53. The zero-order valence-electron chi connectivity index (χ0n) is 16.2. The van der Waals surface area contributed by atoms with E-state index in [0.717, 1.165) is 26.4 Å². The highest BCUT2D eigenvalue weighted by Gasteiger charge is 2.26. The molecule has 4 rings (SSSR count). The van der Waals surface area contributed by atoms with E-state index < -0.39 is 12.0 Å². The number of carbonyl (C=O) groups is 1. The number of hydrogen-bond acceptors (Lipinski definition) is 3. The maximum absolute atomic E-state index is 12.4. The molecule has 0 radical (unpaired) electrons. The summed E-state index contributed by atoms with van der Waals surface area (Å²) >= 11 is 1.53. The van der Waals surface area contributed by atoms with Crippen molar-refractivity contribution in [2.75, 3.05) is 0 Å². The van der Waals surface area contributed by atoms with E-state index in [4.69, 9.17) is 5.73 Å². The van der Waals surface area contributed by atoms with E-state index in [1.807, 2.05) is 103 Å². The summed E-state index contributed by atoms with van der Waals surface area (Å²) in [5, 5.41) is 10.2. The van der Waals surface area contributed by atoms with Crippen molar-refractivity contribution in [2.24, 2.45) is 5.73 Å². The van der Waals surface area contributed by atoms with Gasteiger partial charge in [-0.3, -0.25) is 0 Å². The molecular formula is C26H21NO2S. The molecule has 0 bridgehead atoms. The van der Waals surface area contributed by atoms with Gasteiger partial charge >= 0.3 is 5.97 Å². The van der Waals surface area contributed by atoms with E-state index in [1.54, 1.807) is 0 Å². The maximum Gasteiger partial charge on any atom is 0.334 e. The molecule has 0 fully saturated rings. The van der Waals surface area contributed by atoms with Gasteiger partial charge in [0.1, 0.15) is 0 Å². The van der Waals surface area contributed by atoms with Crippen LogP contribution < -0.4 is 5.73 Å². The van der Waals surface area contributed by atoms with Crippen LogP contribution in [0.15, 0.2) is 109 Å². The van der Waals surface area contributed by atoms with Gasteiger partial charge in [-0.1, -0.05) is 91.0 Å². The lowest BCUT2D eigenvalue weighted by atomic mass is 9.89. The van der Waals surface area contributed by atoms with E-state index >= 15 is 0 Å². The normalized spacial score (nSPS) is 11.6. The summed E-state index contributed by atoms with van der Waals surface area (Å²) in [6, 6.07) is 32.3. The van der Waals surface area contributed by atoms with E-state index in [9.17, 15) is 9.90 Å². The molecule has 0 saturated carbocycles. The molecule has 3 N–H and O–H groups in total. The Kier molecular flexibility index (Phi) is 5.89. The van der Waals surface area contributed by atoms with Crippen LogP contribution in [0.2, 0.25) is 0 Å². The molecular weight excluding hydrogens is 390 g/mol. The minimum atomic E-state index is -1.01. The SMILES string of the molecule is NC(C(C(=O)O)=C(c1ccccc1)c1ccccc1)c1ccc(-c2ccccc2)s1. The largest absolute Gasteiger partial charge is 0.478 e. The molecule has 3 nitrogen and oxygen atoms in total. The fraction of sp³-hybridized carbons (Fsp3) is 0.0385. The quantitative estimate of drug-likeness (QED) is 0.382. The van der Waals surface area contributed by atoms with Crippen LogP contribution in [0.4, 0.5) is 0 Å². The van der Waals surface area contributed by atoms with Gasteiger partial charge in [-0.2, -0.15) is 0 Å². The van der Waals surface area contributed by atoms with E-state index in [1.165, 1.54) is 11.3 Å². The van der Waals surface area contributed by atoms with Gasteiger partial charge in [-0.25, -0.2) is 4.79 Å². The molecule has 0 aliphatic rings. The highest BCUT2D eigenvalue weighted by atomic mass is 32.1. The molecule has 1 aromatic heterocycles. The standard InChI is InChI=1S/C26H21NO2S/c27-25(22-17-16-21(30-22)18-10-4-1-5-11-18)24(26(28)29)23(19-12-6-2-7-13-19)20-14-8-3-9-15-20/h1-17,25H,27H2,(H,28,29). The third-order valence-corrected chi connectivity index (χ3v) is 6.14. The summed E-state index contributed by atoms with van der Waals surface area (Å²) in [6.07, 6.45) is 0. The first-order chi connectivity index (χ1) is 14.6. The average molecular weight is 412 g/mol. The van der Waals surface area contributed by atoms with E-state index in [-0.39, 0.29) is 5.57 Å². The maximum atomic E-state index is 12.4. The second-order valence-electron chi connectivity index (χ2n) is 6.87. The number of benzene rings is 3. The van der Waals surface area contributed by atoms with Crippen LogP contribution in [0.1, 0.15) is 22.0 Å². The number of thiophene rings is 1. The average Bonchev–Trinajstić information content (AvgIpc) is 3.29. The van der Waals surface area contributed by atoms with Crippen molar-refractivity contribution in [2.45, 2.75) is 6.04 Å². The lowest BCUT2D eigenvalue weighted by Gasteiger charge is -2.18. The number of carboxylic acid groups (broad SMARTS) is 1. The Morgan fingerprint density at radius 3 is 1.73 bits per heavy atom. The molecule has 1 heterocycles. The summed E-state index contributed by atoms with van der Waals surface area (Å²) < 4.78 is 0. The highest BCUT2D eigenvalue weighted by molar-refractivity contribution is 7.15. The highest BCUT2D eigenvalue weighted by Crippen LogP contribution is 2.37. The summed E-state index contributed by atoms with van der Waals surface area (Å²) in [7, 11) is 0. The van der Waals surface area contributed by atoms with Crippen molar-refractivity contribution < 1.29 is 9.90 Å². The zero-order chi connectivity index (χ0) is 20.9. The van der Waals surface area contributed by atoms with Gasteiger partial charge in [-0.15, -0.1) is 11.3 Å². The summed E-state index contributed by atoms with van der Waals surface area (Å²) in [6.45, 7) is 0. The molecule has 3 aromatic carbocycles. The number of carboxylic acids is 1. The number of aliphatic carboxylic acids is 1. The van der Waals surface area contributed by atoms with E-state index in [0.29, 0.717) is 5.57 Å². The Hall–Kier alpha value is -3.47. The number of hydrogen-bond donors (Lipinski definition) is 2. The lowest BCUT2D eigenvalue weighted by Crippen LogP contribution is -2.20. The third kappa shape index (κ3) is 4.10. The topological polar surface area (TPSA) is 63.3 Å². The molecule has 0 saturated heterocycles. The van der Waals surface area contributed by atoms with Gasteiger partial charge in [0.15, 0.2) is 0 Å². The predicted octanol–water partition coefficient (Wildman–Crippen LogP) is 6.00. The van der Waals surface area contributed by atoms with Crippen molar-refractivity contribution >= 4 is 22.9 Å². The fourth-order valence-electron chi connectivity index (χ4n) is 3.50. The van der Waals surface area contributed by atoms with Gasteiger partial charge < -0.3 is 10.8 Å². The molecule has 1 atom stereocenters. The zero-order valence-corrected chi connectivity index (χ0v) is 17.0. The Labute approximate surface area is 179 Å². The molecule has 4 aromatic rings. The first kappa shape index (κ1) is 19.8. The van der Waals surface area contributed by atoms with Gasteiger partial charge in [-0.05, 0) is 28.8 Å². The minimum Gasteiger partial charge on any atom is -0.478 e. The smallest absolute Gasteiger partial charge is 0.334 e. The molecule has 4 heteroatoms. The summed E-state index contributed by atoms with van der Waals surface area (Å²) in [5.74, 6) is -1.01. The van der Waals surface area contributed by atoms with Crippen molar-refractivity contribution in [3.05, 3.63) is 125 Å². The van der Waals surface area contributed by atoms with Crippen LogP contribution in [0.3, 0.4) is 0 Å². The van der Waals surface area contributed by atoms with Crippen LogP contribution in [-0.4, -0.2) is 11.1 Å². The van der Waals surface area contributed by atoms with Gasteiger partial charge in [0.25, 0.3) is 0 Å². The third-order valence-electron chi connectivity index (χ3n) is 4.93. The molecule has 0 amide bonds. The first-order valence-electron chi connectivity index (χ1n) is 9.64. The van der Waals surface area contributed by atoms with Crippen molar-refractivity contribution in [1.29, 1.82) is 0 Å². The van der Waals surface area contributed by atoms with E-state index in [2.05, 4.69) is 0 Å². The molecule has 1 unspecified atom stereocenters. The Bertz CT molecular complexity index is 1120. The summed E-state index contributed by atoms with van der Waals surface area (Å²) in [5.41, 5.74) is 10.2. The second-order valence-corrected chi connectivity index (χ2v) is 7.99. The van der Waals surface area contributed by atoms with Crippen molar-refractivity contribution in [1.82, 2.24) is 0 Å². The Morgan fingerprint density at radius 2 is 1.23 bits per heavy atom. The summed E-state index contributed by atoms with van der Waals surface area (Å²) in [4.78, 5) is 14.3. The predicted molar refractivity (Wildman–Crippen MR) is 123 cm³/mol. The van der Waals surface area contributed by atoms with Crippen molar-refractivity contribution in [3.63, 3.8) is 0 Å². The molecule has 0 aliphatic heterocycles. The van der Waals surface area contributed by atoms with Gasteiger partial charge in [0, 0.05) is 15.3 Å². The minimum absolute atomic E-state index is 0.189. The van der Waals surface area contributed by atoms with Crippen molar-refractivity contribution in [3.8, 4) is 10.4 Å².